The number of benzene rings is 1. The number of hydrogen-bond acceptors (Lipinski definition) is 5. The first-order chi connectivity index (χ1) is 16.1. The molecule has 0 unspecified atom stereocenters. The van der Waals surface area contributed by atoms with Crippen molar-refractivity contribution in [1.29, 1.82) is 0 Å². The number of pyridine rings is 1. The molecule has 0 saturated heterocycles. The van der Waals surface area contributed by atoms with Crippen molar-refractivity contribution in [2.45, 2.75) is 65.1 Å². The summed E-state index contributed by atoms with van der Waals surface area (Å²) in [5.74, 6) is 0.650. The lowest BCUT2D eigenvalue weighted by Gasteiger charge is -2.30. The largest absolute Gasteiger partial charge is 0.348 e. The van der Waals surface area contributed by atoms with Crippen LogP contribution in [0.3, 0.4) is 0 Å². The van der Waals surface area contributed by atoms with Crippen molar-refractivity contribution in [2.75, 3.05) is 6.54 Å². The molecular formula is C26H32N6O. The number of hydrogen-bond donors (Lipinski definition) is 1. The Balaban J connectivity index is 1.32. The van der Waals surface area contributed by atoms with Gasteiger partial charge in [0.05, 0.1) is 11.4 Å². The van der Waals surface area contributed by atoms with Gasteiger partial charge in [0.2, 0.25) is 0 Å². The van der Waals surface area contributed by atoms with Gasteiger partial charge in [-0.15, -0.1) is 5.10 Å². The van der Waals surface area contributed by atoms with E-state index in [4.69, 9.17) is 0 Å². The van der Waals surface area contributed by atoms with Crippen molar-refractivity contribution >= 4 is 5.91 Å². The molecule has 2 aromatic heterocycles. The Hall–Kier alpha value is -3.06. The maximum absolute atomic E-state index is 12.9. The predicted molar refractivity (Wildman–Crippen MR) is 127 cm³/mol. The highest BCUT2D eigenvalue weighted by molar-refractivity contribution is 5.93. The van der Waals surface area contributed by atoms with Crippen molar-refractivity contribution in [2.24, 2.45) is 5.92 Å². The molecule has 33 heavy (non-hydrogen) atoms. The van der Waals surface area contributed by atoms with E-state index >= 15 is 0 Å². The third kappa shape index (κ3) is 4.69. The average molecular weight is 445 g/mol. The van der Waals surface area contributed by atoms with Gasteiger partial charge in [-0.1, -0.05) is 24.3 Å². The third-order valence-electron chi connectivity index (χ3n) is 7.16. The minimum atomic E-state index is -0.105. The molecule has 1 N–H and O–H groups in total. The zero-order chi connectivity index (χ0) is 22.8. The summed E-state index contributed by atoms with van der Waals surface area (Å²) < 4.78 is 1.84. The fourth-order valence-electron chi connectivity index (χ4n) is 5.15. The van der Waals surface area contributed by atoms with Crippen molar-refractivity contribution < 1.29 is 4.79 Å². The molecule has 172 valence electrons. The number of carbonyl (C=O) groups is 1. The topological polar surface area (TPSA) is 75.9 Å². The second kappa shape index (κ2) is 9.43. The molecule has 1 saturated carbocycles. The van der Waals surface area contributed by atoms with E-state index in [1.54, 1.807) is 0 Å². The predicted octanol–water partition coefficient (Wildman–Crippen LogP) is 3.84. The minimum Gasteiger partial charge on any atom is -0.348 e. The second-order valence-electron chi connectivity index (χ2n) is 9.60. The molecule has 1 amide bonds. The summed E-state index contributed by atoms with van der Waals surface area (Å²) in [4.78, 5) is 19.5. The molecule has 3 aromatic rings. The molecule has 0 spiro atoms. The minimum absolute atomic E-state index is 0.105. The number of aromatic nitrogens is 4. The summed E-state index contributed by atoms with van der Waals surface area (Å²) >= 11 is 0. The van der Waals surface area contributed by atoms with Crippen LogP contribution in [0.5, 0.6) is 0 Å². The smallest absolute Gasteiger partial charge is 0.273 e. The van der Waals surface area contributed by atoms with Crippen molar-refractivity contribution in [3.63, 3.8) is 0 Å². The lowest BCUT2D eigenvalue weighted by molar-refractivity contribution is 0.0917. The van der Waals surface area contributed by atoms with E-state index in [-0.39, 0.29) is 11.9 Å². The molecule has 2 aliphatic rings. The van der Waals surface area contributed by atoms with Gasteiger partial charge in [-0.05, 0) is 79.8 Å². The maximum Gasteiger partial charge on any atom is 0.273 e. The van der Waals surface area contributed by atoms with Crippen LogP contribution in [0, 0.1) is 12.8 Å². The Labute approximate surface area is 195 Å². The number of fused-ring (bicyclic) bond motifs is 1. The van der Waals surface area contributed by atoms with Gasteiger partial charge in [-0.3, -0.25) is 14.7 Å². The van der Waals surface area contributed by atoms with Crippen LogP contribution < -0.4 is 5.32 Å². The highest BCUT2D eigenvalue weighted by atomic mass is 16.2. The van der Waals surface area contributed by atoms with E-state index in [1.165, 1.54) is 29.5 Å². The SMILES string of the molecule is Cc1c(C(=O)NC2CCC(C)CC2)nnn1-c1cccc2c1CCN(Cc1ccncc1)C2. The first-order valence-electron chi connectivity index (χ1n) is 12.0. The lowest BCUT2D eigenvalue weighted by atomic mass is 9.87. The Kier molecular flexibility index (Phi) is 6.22. The van der Waals surface area contributed by atoms with Gasteiger partial charge >= 0.3 is 0 Å². The monoisotopic (exact) mass is 444 g/mol. The van der Waals surface area contributed by atoms with E-state index in [1.807, 2.05) is 24.0 Å². The van der Waals surface area contributed by atoms with Crippen LogP contribution in [0.15, 0.2) is 42.7 Å². The zero-order valence-corrected chi connectivity index (χ0v) is 19.5. The van der Waals surface area contributed by atoms with Gasteiger partial charge in [0.15, 0.2) is 5.69 Å². The number of carbonyl (C=O) groups excluding carboxylic acids is 1. The zero-order valence-electron chi connectivity index (χ0n) is 19.5. The first kappa shape index (κ1) is 21.8. The summed E-state index contributed by atoms with van der Waals surface area (Å²) in [7, 11) is 0. The highest BCUT2D eigenvalue weighted by Gasteiger charge is 2.25. The molecule has 0 radical (unpaired) electrons. The second-order valence-corrected chi connectivity index (χ2v) is 9.60. The van der Waals surface area contributed by atoms with Gasteiger partial charge in [0, 0.05) is 38.1 Å². The van der Waals surface area contributed by atoms with E-state index < -0.39 is 0 Å². The Bertz CT molecular complexity index is 1120. The van der Waals surface area contributed by atoms with Crippen LogP contribution in [0.2, 0.25) is 0 Å². The van der Waals surface area contributed by atoms with Gasteiger partial charge in [0.1, 0.15) is 0 Å². The molecule has 1 aliphatic heterocycles. The fraction of sp³-hybridized carbons (Fsp3) is 0.462. The summed E-state index contributed by atoms with van der Waals surface area (Å²) in [6.07, 6.45) is 9.07. The van der Waals surface area contributed by atoms with Crippen molar-refractivity contribution in [3.8, 4) is 5.69 Å². The number of amides is 1. The van der Waals surface area contributed by atoms with Crippen LogP contribution in [0.25, 0.3) is 5.69 Å². The van der Waals surface area contributed by atoms with Crippen LogP contribution in [-0.4, -0.2) is 43.4 Å². The molecule has 1 fully saturated rings. The van der Waals surface area contributed by atoms with Gasteiger partial charge in [-0.25, -0.2) is 4.68 Å². The van der Waals surface area contributed by atoms with Gasteiger partial charge in [0.25, 0.3) is 5.91 Å². The Morgan fingerprint density at radius 2 is 1.91 bits per heavy atom. The fourth-order valence-corrected chi connectivity index (χ4v) is 5.15. The van der Waals surface area contributed by atoms with Crippen molar-refractivity contribution in [3.05, 3.63) is 70.8 Å². The third-order valence-corrected chi connectivity index (χ3v) is 7.16. The van der Waals surface area contributed by atoms with Crippen LogP contribution in [0.1, 0.15) is 65.5 Å². The Morgan fingerprint density at radius 1 is 1.12 bits per heavy atom. The van der Waals surface area contributed by atoms with E-state index in [0.29, 0.717) is 5.69 Å². The lowest BCUT2D eigenvalue weighted by Crippen LogP contribution is -2.37. The van der Waals surface area contributed by atoms with Gasteiger partial charge < -0.3 is 5.32 Å². The van der Waals surface area contributed by atoms with Crippen LogP contribution >= 0.6 is 0 Å². The van der Waals surface area contributed by atoms with Crippen LogP contribution in [0.4, 0.5) is 0 Å². The summed E-state index contributed by atoms with van der Waals surface area (Å²) in [5.41, 5.74) is 6.15. The molecule has 5 rings (SSSR count). The van der Waals surface area contributed by atoms with E-state index in [9.17, 15) is 4.79 Å². The molecule has 0 bridgehead atoms. The summed E-state index contributed by atoms with van der Waals surface area (Å²) in [6.45, 7) is 7.02. The normalized spacial score (nSPS) is 20.9. The van der Waals surface area contributed by atoms with E-state index in [0.717, 1.165) is 56.2 Å². The van der Waals surface area contributed by atoms with Crippen molar-refractivity contribution in [1.82, 2.24) is 30.2 Å². The standard InChI is InChI=1S/C26H32N6O/c1-18-6-8-22(9-7-18)28-26(33)25-19(2)32(30-29-25)24-5-3-4-21-17-31(15-12-23(21)24)16-20-10-13-27-14-11-20/h3-5,10-11,13-14,18,22H,6-9,12,15-17H2,1-2H3,(H,28,33). The first-order valence-corrected chi connectivity index (χ1v) is 12.0. The number of nitrogens with one attached hydrogen (secondary N) is 1. The summed E-state index contributed by atoms with van der Waals surface area (Å²) in [6, 6.07) is 10.8. The Morgan fingerprint density at radius 3 is 2.70 bits per heavy atom. The molecule has 1 aromatic carbocycles. The highest BCUT2D eigenvalue weighted by Crippen LogP contribution is 2.27. The maximum atomic E-state index is 12.9. The molecule has 7 heteroatoms. The summed E-state index contributed by atoms with van der Waals surface area (Å²) in [5, 5.41) is 11.9. The molecular weight excluding hydrogens is 412 g/mol. The molecule has 0 atom stereocenters. The van der Waals surface area contributed by atoms with Crippen LogP contribution in [-0.2, 0) is 19.5 Å². The number of nitrogens with zero attached hydrogens (tertiary/aromatic N) is 5. The average Bonchev–Trinajstić information content (AvgIpc) is 3.22. The number of rotatable bonds is 5. The van der Waals surface area contributed by atoms with E-state index in [2.05, 4.69) is 62.8 Å². The van der Waals surface area contributed by atoms with Gasteiger partial charge in [-0.2, -0.15) is 0 Å². The quantitative estimate of drug-likeness (QED) is 0.647. The molecule has 7 nitrogen and oxygen atoms in total. The molecule has 3 heterocycles. The molecule has 1 aliphatic carbocycles.